The van der Waals surface area contributed by atoms with E-state index < -0.39 is 0 Å². The molecule has 0 N–H and O–H groups in total. The molecule has 0 aliphatic heterocycles. The first-order chi connectivity index (χ1) is 10.8. The summed E-state index contributed by atoms with van der Waals surface area (Å²) < 4.78 is 6.01. The van der Waals surface area contributed by atoms with E-state index in [4.69, 9.17) is 16.0 Å². The first-order valence-electron chi connectivity index (χ1n) is 7.24. The average Bonchev–Trinajstić information content (AvgIpc) is 2.92. The molecule has 0 amide bonds. The Kier molecular flexibility index (Phi) is 2.33. The number of hydrogen-bond acceptors (Lipinski definition) is 1. The maximum atomic E-state index is 6.50. The van der Waals surface area contributed by atoms with Gasteiger partial charge >= 0.3 is 0 Å². The molecule has 0 bridgehead atoms. The summed E-state index contributed by atoms with van der Waals surface area (Å²) in [6.45, 7) is 0. The van der Waals surface area contributed by atoms with Gasteiger partial charge in [-0.05, 0) is 16.8 Å². The molecule has 104 valence electrons. The van der Waals surface area contributed by atoms with E-state index in [1.165, 1.54) is 16.2 Å². The Labute approximate surface area is 131 Å². The molecule has 0 saturated heterocycles. The monoisotopic (exact) mass is 302 g/mol. The second-order valence-electron chi connectivity index (χ2n) is 5.54. The number of fused-ring (bicyclic) bond motifs is 7. The first-order valence-corrected chi connectivity index (χ1v) is 7.62. The molecule has 0 aliphatic carbocycles. The molecule has 5 rings (SSSR count). The van der Waals surface area contributed by atoms with Gasteiger partial charge in [-0.15, -0.1) is 0 Å². The molecular formula is C20H11ClO. The fourth-order valence-corrected chi connectivity index (χ4v) is 3.61. The van der Waals surface area contributed by atoms with Crippen molar-refractivity contribution in [2.45, 2.75) is 0 Å². The highest BCUT2D eigenvalue weighted by atomic mass is 35.5. The minimum atomic E-state index is 0.729. The third-order valence-corrected chi connectivity index (χ3v) is 4.63. The maximum absolute atomic E-state index is 6.50. The Balaban J connectivity index is 2.21. The summed E-state index contributed by atoms with van der Waals surface area (Å²) >= 11 is 6.50. The van der Waals surface area contributed by atoms with Gasteiger partial charge in [-0.2, -0.15) is 0 Å². The van der Waals surface area contributed by atoms with Crippen molar-refractivity contribution in [3.8, 4) is 0 Å². The van der Waals surface area contributed by atoms with E-state index in [0.717, 1.165) is 32.3 Å². The number of hydrogen-bond donors (Lipinski definition) is 0. The summed E-state index contributed by atoms with van der Waals surface area (Å²) in [7, 11) is 0. The molecule has 5 aromatic rings. The molecule has 4 aromatic carbocycles. The van der Waals surface area contributed by atoms with Crippen LogP contribution in [0.4, 0.5) is 0 Å². The van der Waals surface area contributed by atoms with Crippen LogP contribution in [0.25, 0.3) is 43.5 Å². The van der Waals surface area contributed by atoms with Crippen molar-refractivity contribution >= 4 is 55.1 Å². The van der Waals surface area contributed by atoms with Gasteiger partial charge in [-0.25, -0.2) is 0 Å². The van der Waals surface area contributed by atoms with E-state index in [1.807, 2.05) is 24.3 Å². The van der Waals surface area contributed by atoms with Gasteiger partial charge in [0.25, 0.3) is 0 Å². The zero-order valence-corrected chi connectivity index (χ0v) is 12.4. The summed E-state index contributed by atoms with van der Waals surface area (Å²) in [6.07, 6.45) is 0. The first kappa shape index (κ1) is 12.1. The van der Waals surface area contributed by atoms with Gasteiger partial charge in [-0.3, -0.25) is 0 Å². The molecule has 0 radical (unpaired) electrons. The van der Waals surface area contributed by atoms with E-state index in [0.29, 0.717) is 0 Å². The third-order valence-electron chi connectivity index (χ3n) is 4.32. The van der Waals surface area contributed by atoms with Crippen LogP contribution < -0.4 is 0 Å². The predicted molar refractivity (Wildman–Crippen MR) is 93.7 cm³/mol. The molecular weight excluding hydrogens is 292 g/mol. The second-order valence-corrected chi connectivity index (χ2v) is 5.95. The smallest absolute Gasteiger partial charge is 0.137 e. The van der Waals surface area contributed by atoms with E-state index in [1.54, 1.807) is 0 Å². The van der Waals surface area contributed by atoms with Gasteiger partial charge < -0.3 is 4.42 Å². The molecule has 0 aliphatic rings. The van der Waals surface area contributed by atoms with Crippen molar-refractivity contribution in [3.05, 3.63) is 71.8 Å². The lowest BCUT2D eigenvalue weighted by molar-refractivity contribution is 0.669. The Morgan fingerprint density at radius 1 is 0.636 bits per heavy atom. The summed E-state index contributed by atoms with van der Waals surface area (Å²) in [5.41, 5.74) is 1.74. The van der Waals surface area contributed by atoms with Crippen LogP contribution in [0.15, 0.2) is 71.1 Å². The lowest BCUT2D eigenvalue weighted by Gasteiger charge is -2.07. The molecule has 0 unspecified atom stereocenters. The minimum absolute atomic E-state index is 0.729. The van der Waals surface area contributed by atoms with E-state index in [9.17, 15) is 0 Å². The van der Waals surface area contributed by atoms with E-state index in [2.05, 4.69) is 42.5 Å². The van der Waals surface area contributed by atoms with Gasteiger partial charge in [0, 0.05) is 27.6 Å². The predicted octanol–water partition coefficient (Wildman–Crippen LogP) is 6.55. The summed E-state index contributed by atoms with van der Waals surface area (Å²) in [4.78, 5) is 0. The SMILES string of the molecule is Clc1cc2oc3ccccc3c2c2c1ccc1ccccc12. The second kappa shape index (κ2) is 4.25. The Bertz CT molecular complexity index is 1180. The molecule has 0 saturated carbocycles. The highest BCUT2D eigenvalue weighted by molar-refractivity contribution is 6.40. The zero-order chi connectivity index (χ0) is 14.7. The van der Waals surface area contributed by atoms with Crippen molar-refractivity contribution in [1.29, 1.82) is 0 Å². The minimum Gasteiger partial charge on any atom is -0.456 e. The van der Waals surface area contributed by atoms with Gasteiger partial charge in [0.2, 0.25) is 0 Å². The van der Waals surface area contributed by atoms with Crippen LogP contribution in [0, 0.1) is 0 Å². The zero-order valence-electron chi connectivity index (χ0n) is 11.6. The van der Waals surface area contributed by atoms with Gasteiger partial charge in [-0.1, -0.05) is 66.2 Å². The fraction of sp³-hybridized carbons (Fsp3) is 0. The van der Waals surface area contributed by atoms with Crippen LogP contribution in [-0.4, -0.2) is 0 Å². The lowest BCUT2D eigenvalue weighted by atomic mass is 9.97. The van der Waals surface area contributed by atoms with Crippen molar-refractivity contribution in [2.24, 2.45) is 0 Å². The topological polar surface area (TPSA) is 13.1 Å². The quantitative estimate of drug-likeness (QED) is 0.296. The van der Waals surface area contributed by atoms with Crippen molar-refractivity contribution in [3.63, 3.8) is 0 Å². The highest BCUT2D eigenvalue weighted by Crippen LogP contribution is 2.41. The Hall–Kier alpha value is -2.51. The van der Waals surface area contributed by atoms with Crippen LogP contribution >= 0.6 is 11.6 Å². The molecule has 0 atom stereocenters. The number of halogens is 1. The summed E-state index contributed by atoms with van der Waals surface area (Å²) in [5, 5.41) is 7.67. The van der Waals surface area contributed by atoms with Crippen LogP contribution in [-0.2, 0) is 0 Å². The van der Waals surface area contributed by atoms with Crippen LogP contribution in [0.2, 0.25) is 5.02 Å². The van der Waals surface area contributed by atoms with Gasteiger partial charge in [0.05, 0.1) is 5.02 Å². The van der Waals surface area contributed by atoms with Crippen molar-refractivity contribution in [1.82, 2.24) is 0 Å². The summed E-state index contributed by atoms with van der Waals surface area (Å²) in [5.74, 6) is 0. The number of benzene rings is 4. The normalized spacial score (nSPS) is 11.9. The Morgan fingerprint density at radius 2 is 1.41 bits per heavy atom. The van der Waals surface area contributed by atoms with Gasteiger partial charge in [0.1, 0.15) is 11.2 Å². The van der Waals surface area contributed by atoms with Crippen LogP contribution in [0.3, 0.4) is 0 Å². The lowest BCUT2D eigenvalue weighted by Crippen LogP contribution is -1.80. The fourth-order valence-electron chi connectivity index (χ4n) is 3.36. The number of rotatable bonds is 0. The van der Waals surface area contributed by atoms with E-state index >= 15 is 0 Å². The standard InChI is InChI=1S/C20H11ClO/c21-16-11-18-20(15-7-3-4-8-17(15)22-18)19-13-6-2-1-5-12(13)9-10-14(16)19/h1-11H. The number of para-hydroxylation sites is 1. The van der Waals surface area contributed by atoms with Gasteiger partial charge in [0.15, 0.2) is 0 Å². The molecule has 0 fully saturated rings. The molecule has 22 heavy (non-hydrogen) atoms. The van der Waals surface area contributed by atoms with Crippen LogP contribution in [0.5, 0.6) is 0 Å². The van der Waals surface area contributed by atoms with E-state index in [-0.39, 0.29) is 0 Å². The van der Waals surface area contributed by atoms with Crippen LogP contribution in [0.1, 0.15) is 0 Å². The Morgan fingerprint density at radius 3 is 2.32 bits per heavy atom. The summed E-state index contributed by atoms with van der Waals surface area (Å²) in [6, 6.07) is 22.7. The molecule has 2 heteroatoms. The largest absolute Gasteiger partial charge is 0.456 e. The molecule has 1 nitrogen and oxygen atoms in total. The highest BCUT2D eigenvalue weighted by Gasteiger charge is 2.14. The van der Waals surface area contributed by atoms with Crippen molar-refractivity contribution < 1.29 is 4.42 Å². The molecule has 1 aromatic heterocycles. The molecule has 0 spiro atoms. The average molecular weight is 303 g/mol. The number of furan rings is 1. The molecule has 1 heterocycles. The maximum Gasteiger partial charge on any atom is 0.137 e. The van der Waals surface area contributed by atoms with Crippen molar-refractivity contribution in [2.75, 3.05) is 0 Å². The third kappa shape index (κ3) is 1.49.